The zero-order valence-corrected chi connectivity index (χ0v) is 21.9. The Hall–Kier alpha value is -4.30. The molecular weight excluding hydrogens is 494 g/mol. The second-order valence-corrected chi connectivity index (χ2v) is 10.2. The molecule has 3 aromatic carbocycles. The van der Waals surface area contributed by atoms with Crippen molar-refractivity contribution in [2.75, 3.05) is 5.32 Å². The van der Waals surface area contributed by atoms with Gasteiger partial charge in [-0.3, -0.25) is 4.79 Å². The van der Waals surface area contributed by atoms with Crippen molar-refractivity contribution in [3.63, 3.8) is 0 Å². The van der Waals surface area contributed by atoms with Crippen molar-refractivity contribution in [1.29, 1.82) is 0 Å². The number of anilines is 1. The van der Waals surface area contributed by atoms with Crippen LogP contribution in [0.2, 0.25) is 0 Å². The fourth-order valence-corrected chi connectivity index (χ4v) is 5.32. The number of benzene rings is 3. The zero-order chi connectivity index (χ0) is 25.9. The number of fused-ring (bicyclic) bond motifs is 3. The number of hydrogen-bond donors (Lipinski definition) is 1. The number of unbranched alkanes of at least 4 members (excludes halogenated alkanes) is 2. The molecule has 6 rings (SSSR count). The molecule has 1 amide bonds. The maximum atomic E-state index is 12.7. The molecule has 3 heterocycles. The topological polar surface area (TPSA) is 85.8 Å². The number of hydrogen-bond acceptors (Lipinski definition) is 6. The molecule has 0 spiro atoms. The molecule has 190 valence electrons. The molecule has 7 nitrogen and oxygen atoms in total. The van der Waals surface area contributed by atoms with Gasteiger partial charge >= 0.3 is 0 Å². The maximum absolute atomic E-state index is 12.7. The van der Waals surface area contributed by atoms with E-state index in [1.807, 2.05) is 35.7 Å². The first-order valence-corrected chi connectivity index (χ1v) is 13.7. The number of para-hydroxylation sites is 1. The van der Waals surface area contributed by atoms with Gasteiger partial charge in [0, 0.05) is 27.3 Å². The van der Waals surface area contributed by atoms with Gasteiger partial charge in [0.2, 0.25) is 5.91 Å². The van der Waals surface area contributed by atoms with E-state index in [1.165, 1.54) is 36.2 Å². The summed E-state index contributed by atoms with van der Waals surface area (Å²) in [6.45, 7) is 2.27. The van der Waals surface area contributed by atoms with Crippen molar-refractivity contribution < 1.29 is 9.21 Å². The highest BCUT2D eigenvalue weighted by Crippen LogP contribution is 2.33. The predicted molar refractivity (Wildman–Crippen MR) is 152 cm³/mol. The van der Waals surface area contributed by atoms with E-state index in [0.29, 0.717) is 5.13 Å². The van der Waals surface area contributed by atoms with Gasteiger partial charge in [-0.15, -0.1) is 16.4 Å². The lowest BCUT2D eigenvalue weighted by atomic mass is 10.0. The van der Waals surface area contributed by atoms with Crippen LogP contribution in [0.15, 0.2) is 82.7 Å². The molecule has 0 fully saturated rings. The van der Waals surface area contributed by atoms with E-state index >= 15 is 0 Å². The number of thiazole rings is 1. The summed E-state index contributed by atoms with van der Waals surface area (Å²) in [5.41, 5.74) is 6.54. The van der Waals surface area contributed by atoms with Crippen molar-refractivity contribution in [3.8, 4) is 22.5 Å². The molecule has 0 radical (unpaired) electrons. The quantitative estimate of drug-likeness (QED) is 0.201. The maximum Gasteiger partial charge on any atom is 0.247 e. The fraction of sp³-hybridized carbons (Fsp3) is 0.200. The molecule has 0 aliphatic carbocycles. The third-order valence-corrected chi connectivity index (χ3v) is 7.34. The van der Waals surface area contributed by atoms with Crippen LogP contribution in [0, 0.1) is 0 Å². The van der Waals surface area contributed by atoms with E-state index < -0.39 is 0 Å². The van der Waals surface area contributed by atoms with Crippen LogP contribution in [0.1, 0.15) is 31.7 Å². The normalized spacial score (nSPS) is 11.4. The molecular formula is C30H27N5O2S. The number of carbonyl (C=O) groups is 1. The van der Waals surface area contributed by atoms with Crippen LogP contribution >= 0.6 is 11.3 Å². The standard InChI is InChI=1S/C30H27N5O2S/c1-2-3-4-7-20-10-12-21(13-11-20)25-17-35(34-33-25)18-29(36)32-30-31-26(19-38-30)22-14-15-28-24(16-22)23-8-5-6-9-27(23)37-28/h5-6,8-17,19H,2-4,7,18H2,1H3,(H,31,32,36). The van der Waals surface area contributed by atoms with Crippen LogP contribution in [0.4, 0.5) is 5.13 Å². The molecule has 0 aliphatic heterocycles. The summed E-state index contributed by atoms with van der Waals surface area (Å²) in [4.78, 5) is 17.3. The first-order chi connectivity index (χ1) is 18.7. The summed E-state index contributed by atoms with van der Waals surface area (Å²) in [6, 6.07) is 22.4. The average Bonchev–Trinajstić information content (AvgIpc) is 3.68. The van der Waals surface area contributed by atoms with Crippen molar-refractivity contribution in [2.45, 2.75) is 39.2 Å². The number of furan rings is 1. The summed E-state index contributed by atoms with van der Waals surface area (Å²) in [5, 5.41) is 15.9. The Morgan fingerprint density at radius 3 is 2.63 bits per heavy atom. The molecule has 8 heteroatoms. The van der Waals surface area contributed by atoms with E-state index in [4.69, 9.17) is 4.42 Å². The molecule has 0 unspecified atom stereocenters. The lowest BCUT2D eigenvalue weighted by Crippen LogP contribution is -2.19. The highest BCUT2D eigenvalue weighted by Gasteiger charge is 2.13. The highest BCUT2D eigenvalue weighted by molar-refractivity contribution is 7.14. The number of amides is 1. The monoisotopic (exact) mass is 521 g/mol. The van der Waals surface area contributed by atoms with Crippen LogP contribution in [0.3, 0.4) is 0 Å². The Balaban J connectivity index is 1.10. The minimum Gasteiger partial charge on any atom is -0.456 e. The van der Waals surface area contributed by atoms with Gasteiger partial charge in [-0.25, -0.2) is 9.67 Å². The lowest BCUT2D eigenvalue weighted by molar-refractivity contribution is -0.116. The van der Waals surface area contributed by atoms with Gasteiger partial charge < -0.3 is 9.73 Å². The number of aromatic nitrogens is 4. The summed E-state index contributed by atoms with van der Waals surface area (Å²) in [5.74, 6) is -0.204. The first-order valence-electron chi connectivity index (χ1n) is 12.8. The van der Waals surface area contributed by atoms with E-state index in [-0.39, 0.29) is 12.5 Å². The van der Waals surface area contributed by atoms with E-state index in [9.17, 15) is 4.79 Å². The fourth-order valence-electron chi connectivity index (χ4n) is 4.58. The van der Waals surface area contributed by atoms with Crippen LogP contribution in [0.5, 0.6) is 0 Å². The minimum atomic E-state index is -0.204. The second kappa shape index (κ2) is 10.6. The second-order valence-electron chi connectivity index (χ2n) is 9.35. The van der Waals surface area contributed by atoms with Crippen molar-refractivity contribution in [3.05, 3.63) is 83.9 Å². The largest absolute Gasteiger partial charge is 0.456 e. The van der Waals surface area contributed by atoms with Crippen LogP contribution < -0.4 is 5.32 Å². The smallest absolute Gasteiger partial charge is 0.247 e. The summed E-state index contributed by atoms with van der Waals surface area (Å²) < 4.78 is 7.47. The molecule has 0 saturated heterocycles. The molecule has 6 aromatic rings. The lowest BCUT2D eigenvalue weighted by Gasteiger charge is -2.02. The minimum absolute atomic E-state index is 0.0595. The van der Waals surface area contributed by atoms with Gasteiger partial charge in [-0.1, -0.05) is 67.4 Å². The third-order valence-electron chi connectivity index (χ3n) is 6.59. The molecule has 38 heavy (non-hydrogen) atoms. The average molecular weight is 522 g/mol. The highest BCUT2D eigenvalue weighted by atomic mass is 32.1. The van der Waals surface area contributed by atoms with Crippen molar-refractivity contribution in [2.24, 2.45) is 0 Å². The van der Waals surface area contributed by atoms with Crippen molar-refractivity contribution >= 4 is 44.3 Å². The number of nitrogens with zero attached hydrogens (tertiary/aromatic N) is 4. The third kappa shape index (κ3) is 5.08. The first kappa shape index (κ1) is 24.1. The number of aryl methyl sites for hydroxylation is 1. The Labute approximate surface area is 224 Å². The summed E-state index contributed by atoms with van der Waals surface area (Å²) >= 11 is 1.39. The van der Waals surface area contributed by atoms with Gasteiger partial charge in [-0.05, 0) is 42.7 Å². The van der Waals surface area contributed by atoms with Crippen LogP contribution in [0.25, 0.3) is 44.5 Å². The Bertz CT molecular complexity index is 1710. The summed E-state index contributed by atoms with van der Waals surface area (Å²) in [7, 11) is 0. The van der Waals surface area contributed by atoms with Gasteiger partial charge in [0.15, 0.2) is 5.13 Å². The zero-order valence-electron chi connectivity index (χ0n) is 21.1. The molecule has 0 atom stereocenters. The van der Waals surface area contributed by atoms with Gasteiger partial charge in [-0.2, -0.15) is 0 Å². The summed E-state index contributed by atoms with van der Waals surface area (Å²) in [6.07, 6.45) is 6.56. The molecule has 0 aliphatic rings. The Kier molecular flexibility index (Phi) is 6.71. The van der Waals surface area contributed by atoms with Crippen molar-refractivity contribution in [1.82, 2.24) is 20.0 Å². The molecule has 3 aromatic heterocycles. The molecule has 1 N–H and O–H groups in total. The van der Waals surface area contributed by atoms with Crippen LogP contribution in [-0.4, -0.2) is 25.9 Å². The predicted octanol–water partition coefficient (Wildman–Crippen LogP) is 7.34. The van der Waals surface area contributed by atoms with E-state index in [0.717, 1.165) is 50.9 Å². The number of carbonyl (C=O) groups excluding carboxylic acids is 1. The van der Waals surface area contributed by atoms with Gasteiger partial charge in [0.05, 0.1) is 11.9 Å². The number of rotatable bonds is 9. The van der Waals surface area contributed by atoms with E-state index in [1.54, 1.807) is 10.9 Å². The van der Waals surface area contributed by atoms with E-state index in [2.05, 4.69) is 63.9 Å². The Morgan fingerprint density at radius 1 is 0.947 bits per heavy atom. The SMILES string of the molecule is CCCCCc1ccc(-c2cn(CC(=O)Nc3nc(-c4ccc5oc6ccccc6c5c4)cs3)nn2)cc1. The van der Waals surface area contributed by atoms with Gasteiger partial charge in [0.25, 0.3) is 0 Å². The molecule has 0 bridgehead atoms. The Morgan fingerprint density at radius 2 is 1.76 bits per heavy atom. The van der Waals surface area contributed by atoms with Gasteiger partial charge in [0.1, 0.15) is 23.4 Å². The molecule has 0 saturated carbocycles. The van der Waals surface area contributed by atoms with Crippen LogP contribution in [-0.2, 0) is 17.8 Å². The number of nitrogens with one attached hydrogen (secondary N) is 1.